The molecule has 0 spiro atoms. The van der Waals surface area contributed by atoms with Crippen molar-refractivity contribution in [3.05, 3.63) is 19.0 Å². The minimum Gasteiger partial charge on any atom is -0.287 e. The minimum absolute atomic E-state index is 0.0990. The summed E-state index contributed by atoms with van der Waals surface area (Å²) in [6, 6.07) is 0. The summed E-state index contributed by atoms with van der Waals surface area (Å²) in [6.07, 6.45) is 0. The van der Waals surface area contributed by atoms with Gasteiger partial charge < -0.3 is 0 Å². The van der Waals surface area contributed by atoms with Crippen LogP contribution in [0, 0.1) is 0 Å². The molecule has 0 aromatic carbocycles. The summed E-state index contributed by atoms with van der Waals surface area (Å²) in [6.45, 7) is 0. The third kappa shape index (κ3) is 1.53. The van der Waals surface area contributed by atoms with Gasteiger partial charge in [-0.3, -0.25) is 9.59 Å². The van der Waals surface area contributed by atoms with Crippen LogP contribution >= 0.6 is 55.1 Å². The molecule has 1 aliphatic carbocycles. The summed E-state index contributed by atoms with van der Waals surface area (Å²) in [5, 5.41) is -0.506. The molecule has 0 atom stereocenters. The molecule has 0 fully saturated rings. The van der Waals surface area contributed by atoms with Crippen molar-refractivity contribution in [3.63, 3.8) is 0 Å². The first kappa shape index (κ1) is 10.4. The summed E-state index contributed by atoms with van der Waals surface area (Å²) in [7, 11) is 0. The van der Waals surface area contributed by atoms with Gasteiger partial charge in [0.25, 0.3) is 0 Å². The number of hydrogen-bond donors (Lipinski definition) is 0. The summed E-state index contributed by atoms with van der Waals surface area (Å²) < 4.78 is 0.198. The van der Waals surface area contributed by atoms with Gasteiger partial charge in [-0.05, 0) is 31.9 Å². The van der Waals surface area contributed by atoms with E-state index in [0.29, 0.717) is 0 Å². The Morgan fingerprint density at radius 2 is 1.08 bits per heavy atom. The van der Waals surface area contributed by atoms with Crippen molar-refractivity contribution in [2.75, 3.05) is 0 Å². The number of allylic oxidation sites excluding steroid dienone is 4. The molecule has 0 bridgehead atoms. The van der Waals surface area contributed by atoms with Crippen LogP contribution in [0.2, 0.25) is 0 Å². The fourth-order valence-corrected chi connectivity index (χ4v) is 1.94. The normalized spacial score (nSPS) is 19.3. The lowest BCUT2D eigenvalue weighted by atomic mass is 10.2. The highest BCUT2D eigenvalue weighted by Gasteiger charge is 2.30. The first-order valence-corrected chi connectivity index (χ1v) is 5.01. The Balaban J connectivity index is 3.32. The quantitative estimate of drug-likeness (QED) is 0.638. The van der Waals surface area contributed by atoms with Gasteiger partial charge >= 0.3 is 0 Å². The van der Waals surface area contributed by atoms with Gasteiger partial charge in [0.1, 0.15) is 10.1 Å². The molecular formula is C6Br2Cl2O2. The van der Waals surface area contributed by atoms with Gasteiger partial charge in [0.15, 0.2) is 0 Å². The van der Waals surface area contributed by atoms with E-state index in [9.17, 15) is 9.59 Å². The van der Waals surface area contributed by atoms with Crippen LogP contribution in [0.4, 0.5) is 0 Å². The summed E-state index contributed by atoms with van der Waals surface area (Å²) in [5.74, 6) is -0.985. The number of carbonyl (C=O) groups excluding carboxylic acids is 2. The van der Waals surface area contributed by atoms with Crippen molar-refractivity contribution >= 4 is 66.6 Å². The number of rotatable bonds is 0. The Labute approximate surface area is 94.8 Å². The van der Waals surface area contributed by atoms with Gasteiger partial charge in [0.2, 0.25) is 11.6 Å². The van der Waals surface area contributed by atoms with E-state index in [-0.39, 0.29) is 19.0 Å². The van der Waals surface area contributed by atoms with Crippen LogP contribution in [0.3, 0.4) is 0 Å². The standard InChI is InChI=1S/C6Br2Cl2O2/c7-1-2(8)6(12)4(10)3(9)5(1)11. The second-order valence-corrected chi connectivity index (χ2v) is 4.26. The van der Waals surface area contributed by atoms with Gasteiger partial charge in [0.05, 0.1) is 8.96 Å². The first-order valence-electron chi connectivity index (χ1n) is 2.66. The Morgan fingerprint density at radius 1 is 0.833 bits per heavy atom. The molecule has 0 N–H and O–H groups in total. The SMILES string of the molecule is O=C1C(Cl)=C(Cl)C(=O)C(Br)=C1Br. The zero-order valence-electron chi connectivity index (χ0n) is 5.33. The van der Waals surface area contributed by atoms with E-state index in [2.05, 4.69) is 31.9 Å². The first-order chi connectivity index (χ1) is 5.46. The van der Waals surface area contributed by atoms with E-state index < -0.39 is 11.6 Å². The Hall–Kier alpha value is 0.360. The molecule has 0 heterocycles. The summed E-state index contributed by atoms with van der Waals surface area (Å²) in [5.41, 5.74) is 0. The van der Waals surface area contributed by atoms with Gasteiger partial charge in [-0.1, -0.05) is 23.2 Å². The van der Waals surface area contributed by atoms with E-state index in [4.69, 9.17) is 23.2 Å². The predicted octanol–water partition coefficient (Wildman–Crippen LogP) is 2.83. The monoisotopic (exact) mass is 332 g/mol. The van der Waals surface area contributed by atoms with Crippen LogP contribution in [-0.4, -0.2) is 11.6 Å². The molecule has 6 heteroatoms. The van der Waals surface area contributed by atoms with Crippen LogP contribution in [0.5, 0.6) is 0 Å². The maximum absolute atomic E-state index is 11.1. The third-order valence-electron chi connectivity index (χ3n) is 1.18. The van der Waals surface area contributed by atoms with Crippen LogP contribution < -0.4 is 0 Å². The molecule has 0 radical (unpaired) electrons. The molecule has 0 aromatic rings. The average molecular weight is 335 g/mol. The largest absolute Gasteiger partial charge is 0.287 e. The van der Waals surface area contributed by atoms with Crippen molar-refractivity contribution in [1.82, 2.24) is 0 Å². The average Bonchev–Trinajstić information content (AvgIpc) is 2.08. The van der Waals surface area contributed by atoms with Gasteiger partial charge in [-0.15, -0.1) is 0 Å². The summed E-state index contributed by atoms with van der Waals surface area (Å²) >= 11 is 16.8. The van der Waals surface area contributed by atoms with Crippen LogP contribution in [0.15, 0.2) is 19.0 Å². The number of carbonyl (C=O) groups is 2. The van der Waals surface area contributed by atoms with Crippen LogP contribution in [-0.2, 0) is 9.59 Å². The highest BCUT2D eigenvalue weighted by Crippen LogP contribution is 2.34. The van der Waals surface area contributed by atoms with E-state index >= 15 is 0 Å². The molecule has 12 heavy (non-hydrogen) atoms. The maximum atomic E-state index is 11.1. The number of Topliss-reactive ketones (excluding diaryl/α,β-unsaturated/α-hetero) is 2. The highest BCUT2D eigenvalue weighted by atomic mass is 79.9. The van der Waals surface area contributed by atoms with E-state index in [0.717, 1.165) is 0 Å². The fourth-order valence-electron chi connectivity index (χ4n) is 0.591. The van der Waals surface area contributed by atoms with Crippen LogP contribution in [0.25, 0.3) is 0 Å². The smallest absolute Gasteiger partial charge is 0.214 e. The third-order valence-corrected chi connectivity index (χ3v) is 4.05. The molecule has 1 aliphatic rings. The molecule has 0 saturated carbocycles. The Morgan fingerprint density at radius 3 is 1.33 bits per heavy atom. The van der Waals surface area contributed by atoms with Crippen molar-refractivity contribution in [3.8, 4) is 0 Å². The van der Waals surface area contributed by atoms with E-state index in [1.54, 1.807) is 0 Å². The van der Waals surface area contributed by atoms with E-state index in [1.165, 1.54) is 0 Å². The molecule has 0 saturated heterocycles. The number of hydrogen-bond acceptors (Lipinski definition) is 2. The Bertz CT molecular complexity index is 281. The topological polar surface area (TPSA) is 34.1 Å². The van der Waals surface area contributed by atoms with Gasteiger partial charge in [-0.25, -0.2) is 0 Å². The molecule has 0 unspecified atom stereocenters. The Kier molecular flexibility index (Phi) is 3.15. The van der Waals surface area contributed by atoms with Crippen molar-refractivity contribution in [2.24, 2.45) is 0 Å². The molecule has 2 nitrogen and oxygen atoms in total. The highest BCUT2D eigenvalue weighted by molar-refractivity contribution is 9.14. The van der Waals surface area contributed by atoms with Crippen LogP contribution in [0.1, 0.15) is 0 Å². The van der Waals surface area contributed by atoms with Crippen molar-refractivity contribution in [2.45, 2.75) is 0 Å². The molecule has 0 amide bonds. The number of ketones is 2. The zero-order chi connectivity index (χ0) is 9.46. The zero-order valence-corrected chi connectivity index (χ0v) is 10.0. The maximum Gasteiger partial charge on any atom is 0.214 e. The fraction of sp³-hybridized carbons (Fsp3) is 0. The van der Waals surface area contributed by atoms with Crippen molar-refractivity contribution < 1.29 is 9.59 Å². The molecule has 1 rings (SSSR count). The predicted molar refractivity (Wildman–Crippen MR) is 53.6 cm³/mol. The molecule has 0 aromatic heterocycles. The molecule has 64 valence electrons. The summed E-state index contributed by atoms with van der Waals surface area (Å²) in [4.78, 5) is 22.3. The molecular weight excluding hydrogens is 335 g/mol. The lowest BCUT2D eigenvalue weighted by Gasteiger charge is -2.09. The lowest BCUT2D eigenvalue weighted by molar-refractivity contribution is -0.114. The second kappa shape index (κ2) is 3.62. The number of halogens is 4. The van der Waals surface area contributed by atoms with E-state index in [1.807, 2.05) is 0 Å². The second-order valence-electron chi connectivity index (χ2n) is 1.91. The van der Waals surface area contributed by atoms with Gasteiger partial charge in [-0.2, -0.15) is 0 Å². The van der Waals surface area contributed by atoms with Gasteiger partial charge in [0, 0.05) is 0 Å². The lowest BCUT2D eigenvalue weighted by Crippen LogP contribution is -2.14. The van der Waals surface area contributed by atoms with Crippen molar-refractivity contribution in [1.29, 1.82) is 0 Å². The minimum atomic E-state index is -0.492. The molecule has 0 aliphatic heterocycles.